The summed E-state index contributed by atoms with van der Waals surface area (Å²) in [5.41, 5.74) is 7.15. The van der Waals surface area contributed by atoms with Gasteiger partial charge in [-0.1, -0.05) is 13.8 Å². The fourth-order valence-electron chi connectivity index (χ4n) is 3.35. The zero-order chi connectivity index (χ0) is 23.9. The van der Waals surface area contributed by atoms with Gasteiger partial charge in [-0.3, -0.25) is 4.90 Å². The SMILES string of the molecule is CC.Fc1ccc(F)c(F)c1.N[C@@H]1COC[C@H](N2CCc3nc(C(F)(F)F)ncc3C2)C1. The topological polar surface area (TPSA) is 64.3 Å². The van der Waals surface area contributed by atoms with Gasteiger partial charge >= 0.3 is 6.18 Å². The van der Waals surface area contributed by atoms with Gasteiger partial charge < -0.3 is 10.5 Å². The van der Waals surface area contributed by atoms with Gasteiger partial charge in [-0.15, -0.1) is 0 Å². The minimum absolute atomic E-state index is 0.0222. The lowest BCUT2D eigenvalue weighted by Crippen LogP contribution is -2.49. The largest absolute Gasteiger partial charge is 0.451 e. The average molecular weight is 464 g/mol. The van der Waals surface area contributed by atoms with Gasteiger partial charge in [0.05, 0.1) is 18.9 Å². The van der Waals surface area contributed by atoms with E-state index in [9.17, 15) is 26.3 Å². The van der Waals surface area contributed by atoms with Gasteiger partial charge in [0.25, 0.3) is 0 Å². The molecule has 0 bridgehead atoms. The van der Waals surface area contributed by atoms with Crippen LogP contribution in [0.2, 0.25) is 0 Å². The molecule has 0 saturated carbocycles. The highest BCUT2D eigenvalue weighted by atomic mass is 19.4. The molecule has 1 saturated heterocycles. The number of hydrogen-bond donors (Lipinski definition) is 1. The molecule has 0 spiro atoms. The third-order valence-electron chi connectivity index (χ3n) is 4.83. The van der Waals surface area contributed by atoms with Crippen LogP contribution >= 0.6 is 0 Å². The van der Waals surface area contributed by atoms with Gasteiger partial charge in [0.15, 0.2) is 11.6 Å². The van der Waals surface area contributed by atoms with Gasteiger partial charge in [-0.25, -0.2) is 23.1 Å². The minimum atomic E-state index is -4.49. The lowest BCUT2D eigenvalue weighted by molar-refractivity contribution is -0.145. The highest BCUT2D eigenvalue weighted by molar-refractivity contribution is 5.21. The summed E-state index contributed by atoms with van der Waals surface area (Å²) < 4.78 is 79.1. The summed E-state index contributed by atoms with van der Waals surface area (Å²) >= 11 is 0. The predicted molar refractivity (Wildman–Crippen MR) is 106 cm³/mol. The Morgan fingerprint density at radius 2 is 1.81 bits per heavy atom. The Bertz CT molecular complexity index is 880. The number of aromatic nitrogens is 2. The molecule has 2 atom stereocenters. The Balaban J connectivity index is 0.000000277. The summed E-state index contributed by atoms with van der Waals surface area (Å²) in [6.07, 6.45) is -1.86. The van der Waals surface area contributed by atoms with Crippen LogP contribution in [0.3, 0.4) is 0 Å². The molecule has 2 aliphatic rings. The first-order valence-corrected chi connectivity index (χ1v) is 10.2. The second kappa shape index (κ2) is 11.6. The summed E-state index contributed by atoms with van der Waals surface area (Å²) in [4.78, 5) is 9.29. The van der Waals surface area contributed by atoms with Gasteiger partial charge in [-0.2, -0.15) is 13.2 Å². The van der Waals surface area contributed by atoms with Crippen LogP contribution in [0.4, 0.5) is 26.3 Å². The van der Waals surface area contributed by atoms with E-state index in [1.54, 1.807) is 0 Å². The number of ether oxygens (including phenoxy) is 1. The van der Waals surface area contributed by atoms with E-state index in [0.717, 1.165) is 24.1 Å². The third kappa shape index (κ3) is 7.14. The van der Waals surface area contributed by atoms with E-state index in [-0.39, 0.29) is 12.1 Å². The normalized spacial score (nSPS) is 20.9. The number of alkyl halides is 3. The van der Waals surface area contributed by atoms with Crippen molar-refractivity contribution in [1.29, 1.82) is 0 Å². The van der Waals surface area contributed by atoms with Crippen molar-refractivity contribution in [1.82, 2.24) is 14.9 Å². The lowest BCUT2D eigenvalue weighted by atomic mass is 10.00. The molecule has 0 aliphatic carbocycles. The van der Waals surface area contributed by atoms with E-state index in [0.29, 0.717) is 44.5 Å². The molecular weight excluding hydrogens is 438 g/mol. The molecule has 178 valence electrons. The van der Waals surface area contributed by atoms with E-state index >= 15 is 0 Å². The zero-order valence-electron chi connectivity index (χ0n) is 17.8. The van der Waals surface area contributed by atoms with Crippen LogP contribution in [0.5, 0.6) is 0 Å². The predicted octanol–water partition coefficient (Wildman–Crippen LogP) is 4.10. The Labute approximate surface area is 182 Å². The Morgan fingerprint density at radius 1 is 1.09 bits per heavy atom. The minimum Gasteiger partial charge on any atom is -0.378 e. The van der Waals surface area contributed by atoms with E-state index in [4.69, 9.17) is 10.5 Å². The molecular formula is C21H26F6N4O. The first-order chi connectivity index (χ1) is 15.1. The molecule has 0 radical (unpaired) electrons. The van der Waals surface area contributed by atoms with E-state index < -0.39 is 29.5 Å². The first-order valence-electron chi connectivity index (χ1n) is 10.2. The Hall–Kier alpha value is -2.24. The van der Waals surface area contributed by atoms with Crippen LogP contribution in [0.15, 0.2) is 24.4 Å². The van der Waals surface area contributed by atoms with Crippen LogP contribution in [0, 0.1) is 17.5 Å². The fourth-order valence-corrected chi connectivity index (χ4v) is 3.35. The third-order valence-corrected chi connectivity index (χ3v) is 4.83. The van der Waals surface area contributed by atoms with Crippen molar-refractivity contribution in [2.24, 2.45) is 5.73 Å². The van der Waals surface area contributed by atoms with Crippen molar-refractivity contribution in [2.45, 2.75) is 51.5 Å². The average Bonchev–Trinajstić information content (AvgIpc) is 2.77. The Kier molecular flexibility index (Phi) is 9.41. The van der Waals surface area contributed by atoms with Crippen LogP contribution < -0.4 is 5.73 Å². The quantitative estimate of drug-likeness (QED) is 0.509. The summed E-state index contributed by atoms with van der Waals surface area (Å²) in [6, 6.07) is 2.33. The van der Waals surface area contributed by atoms with Crippen molar-refractivity contribution < 1.29 is 31.1 Å². The smallest absolute Gasteiger partial charge is 0.378 e. The molecule has 0 amide bonds. The lowest BCUT2D eigenvalue weighted by Gasteiger charge is -2.38. The zero-order valence-corrected chi connectivity index (χ0v) is 17.8. The summed E-state index contributed by atoms with van der Waals surface area (Å²) in [5.74, 6) is -4.02. The number of hydrogen-bond acceptors (Lipinski definition) is 5. The van der Waals surface area contributed by atoms with Crippen molar-refractivity contribution in [2.75, 3.05) is 19.8 Å². The number of nitrogens with zero attached hydrogens (tertiary/aromatic N) is 3. The maximum Gasteiger partial charge on any atom is 0.451 e. The van der Waals surface area contributed by atoms with Crippen LogP contribution in [-0.2, 0) is 23.9 Å². The molecule has 2 aliphatic heterocycles. The van der Waals surface area contributed by atoms with Crippen molar-refractivity contribution in [3.8, 4) is 0 Å². The standard InChI is InChI=1S/C13H17F3N4O.C6H3F3.C2H6/c14-13(15,16)12-18-4-8-5-20(2-1-11(8)19-12)10-3-9(17)6-21-7-10;7-4-1-2-5(8)6(9)3-4;1-2/h4,9-10H,1-3,5-7,17H2;1-3H;1-2H3/t9-,10+;;/m0../s1. The molecule has 2 N–H and O–H groups in total. The van der Waals surface area contributed by atoms with Crippen molar-refractivity contribution >= 4 is 0 Å². The van der Waals surface area contributed by atoms with Crippen LogP contribution in [0.25, 0.3) is 0 Å². The molecule has 0 unspecified atom stereocenters. The maximum atomic E-state index is 12.6. The fraction of sp³-hybridized carbons (Fsp3) is 0.524. The van der Waals surface area contributed by atoms with Crippen LogP contribution in [-0.4, -0.2) is 46.7 Å². The summed E-state index contributed by atoms with van der Waals surface area (Å²) in [5, 5.41) is 0. The van der Waals surface area contributed by atoms with E-state index in [1.165, 1.54) is 6.20 Å². The van der Waals surface area contributed by atoms with Gasteiger partial charge in [0.1, 0.15) is 5.82 Å². The molecule has 3 heterocycles. The second-order valence-electron chi connectivity index (χ2n) is 7.13. The highest BCUT2D eigenvalue weighted by Gasteiger charge is 2.36. The van der Waals surface area contributed by atoms with Gasteiger partial charge in [0, 0.05) is 49.4 Å². The molecule has 1 fully saturated rings. The van der Waals surface area contributed by atoms with Crippen LogP contribution in [0.1, 0.15) is 37.4 Å². The molecule has 11 heteroatoms. The number of benzene rings is 1. The van der Waals surface area contributed by atoms with Crippen molar-refractivity contribution in [3.05, 3.63) is 58.9 Å². The number of halogens is 6. The molecule has 2 aromatic rings. The first kappa shape index (κ1) is 26.0. The molecule has 1 aromatic carbocycles. The van der Waals surface area contributed by atoms with Crippen molar-refractivity contribution in [3.63, 3.8) is 0 Å². The maximum absolute atomic E-state index is 12.6. The molecule has 4 rings (SSSR count). The van der Waals surface area contributed by atoms with E-state index in [1.807, 2.05) is 13.8 Å². The number of nitrogens with two attached hydrogens (primary N) is 1. The second-order valence-corrected chi connectivity index (χ2v) is 7.13. The highest BCUT2D eigenvalue weighted by Crippen LogP contribution is 2.28. The molecule has 1 aromatic heterocycles. The van der Waals surface area contributed by atoms with Gasteiger partial charge in [0.2, 0.25) is 5.82 Å². The van der Waals surface area contributed by atoms with Gasteiger partial charge in [-0.05, 0) is 18.6 Å². The molecule has 32 heavy (non-hydrogen) atoms. The Morgan fingerprint density at radius 3 is 2.41 bits per heavy atom. The summed E-state index contributed by atoms with van der Waals surface area (Å²) in [7, 11) is 0. The molecule has 5 nitrogen and oxygen atoms in total. The number of rotatable bonds is 1. The van der Waals surface area contributed by atoms with E-state index in [2.05, 4.69) is 14.9 Å². The summed E-state index contributed by atoms with van der Waals surface area (Å²) in [6.45, 7) is 6.40. The number of fused-ring (bicyclic) bond motifs is 1. The monoisotopic (exact) mass is 464 g/mol.